The maximum atomic E-state index is 6.01. The monoisotopic (exact) mass is 398 g/mol. The fraction of sp³-hybridized carbons (Fsp3) is 0.176. The van der Waals surface area contributed by atoms with Gasteiger partial charge in [-0.1, -0.05) is 46.0 Å². The summed E-state index contributed by atoms with van der Waals surface area (Å²) in [4.78, 5) is 4.41. The van der Waals surface area contributed by atoms with E-state index in [4.69, 9.17) is 39.3 Å². The van der Waals surface area contributed by atoms with Gasteiger partial charge in [0.25, 0.3) is 0 Å². The molecule has 0 atom stereocenters. The van der Waals surface area contributed by atoms with Crippen LogP contribution in [0.15, 0.2) is 47.0 Å². The first-order chi connectivity index (χ1) is 11.6. The molecule has 24 heavy (non-hydrogen) atoms. The summed E-state index contributed by atoms with van der Waals surface area (Å²) in [6.07, 6.45) is 0.715. The van der Waals surface area contributed by atoms with Crippen molar-refractivity contribution in [3.8, 4) is 11.4 Å². The third-order valence-electron chi connectivity index (χ3n) is 3.28. The van der Waals surface area contributed by atoms with Gasteiger partial charge in [-0.25, -0.2) is 0 Å². The molecule has 0 bridgehead atoms. The van der Waals surface area contributed by atoms with Crippen molar-refractivity contribution in [1.29, 1.82) is 0 Å². The average Bonchev–Trinajstić information content (AvgIpc) is 3.04. The van der Waals surface area contributed by atoms with Gasteiger partial charge in [0.05, 0.1) is 10.0 Å². The number of rotatable bonds is 6. The van der Waals surface area contributed by atoms with Gasteiger partial charge in [0, 0.05) is 28.5 Å². The van der Waals surface area contributed by atoms with Gasteiger partial charge in [-0.3, -0.25) is 0 Å². The van der Waals surface area contributed by atoms with E-state index in [0.29, 0.717) is 33.2 Å². The summed E-state index contributed by atoms with van der Waals surface area (Å²) in [7, 11) is 0. The third kappa shape index (κ3) is 4.67. The SMILES string of the molecule is Clc1ccc(-c2noc(CCSCc3ccc(Cl)c(Cl)c3)n2)cc1. The van der Waals surface area contributed by atoms with Gasteiger partial charge in [0.15, 0.2) is 0 Å². The summed E-state index contributed by atoms with van der Waals surface area (Å²) in [5.74, 6) is 2.94. The number of aryl methyl sites for hydroxylation is 1. The normalized spacial score (nSPS) is 11.0. The molecule has 0 aliphatic rings. The maximum absolute atomic E-state index is 6.01. The van der Waals surface area contributed by atoms with E-state index < -0.39 is 0 Å². The van der Waals surface area contributed by atoms with E-state index in [1.807, 2.05) is 30.3 Å². The molecule has 3 rings (SSSR count). The fourth-order valence-electron chi connectivity index (χ4n) is 2.05. The number of aromatic nitrogens is 2. The van der Waals surface area contributed by atoms with Crippen molar-refractivity contribution in [3.05, 3.63) is 69.0 Å². The number of nitrogens with zero attached hydrogens (tertiary/aromatic N) is 2. The number of halogens is 3. The minimum Gasteiger partial charge on any atom is -0.339 e. The molecule has 0 saturated carbocycles. The molecule has 7 heteroatoms. The number of benzene rings is 2. The molecular weight excluding hydrogens is 387 g/mol. The quantitative estimate of drug-likeness (QED) is 0.464. The zero-order chi connectivity index (χ0) is 16.9. The van der Waals surface area contributed by atoms with Crippen LogP contribution in [0.2, 0.25) is 15.1 Å². The highest BCUT2D eigenvalue weighted by molar-refractivity contribution is 7.98. The van der Waals surface area contributed by atoms with Crippen LogP contribution in [0.4, 0.5) is 0 Å². The zero-order valence-corrected chi connectivity index (χ0v) is 15.6. The summed E-state index contributed by atoms with van der Waals surface area (Å²) in [5, 5.41) is 5.84. The van der Waals surface area contributed by atoms with Gasteiger partial charge in [-0.05, 0) is 42.0 Å². The molecular formula is C17H13Cl3N2OS. The summed E-state index contributed by atoms with van der Waals surface area (Å²) in [6, 6.07) is 13.0. The highest BCUT2D eigenvalue weighted by Crippen LogP contribution is 2.25. The maximum Gasteiger partial charge on any atom is 0.227 e. The van der Waals surface area contributed by atoms with Gasteiger partial charge < -0.3 is 4.52 Å². The van der Waals surface area contributed by atoms with Crippen molar-refractivity contribution in [2.75, 3.05) is 5.75 Å². The smallest absolute Gasteiger partial charge is 0.227 e. The Hall–Kier alpha value is -1.20. The van der Waals surface area contributed by atoms with Crippen molar-refractivity contribution in [1.82, 2.24) is 10.1 Å². The van der Waals surface area contributed by atoms with Crippen LogP contribution in [0, 0.1) is 0 Å². The second kappa shape index (κ2) is 8.26. The summed E-state index contributed by atoms with van der Waals surface area (Å²) >= 11 is 19.6. The Morgan fingerprint density at radius 2 is 1.75 bits per heavy atom. The molecule has 0 amide bonds. The topological polar surface area (TPSA) is 38.9 Å². The second-order valence-electron chi connectivity index (χ2n) is 5.07. The molecule has 0 N–H and O–H groups in total. The van der Waals surface area contributed by atoms with Crippen LogP contribution in [0.3, 0.4) is 0 Å². The minimum atomic E-state index is 0.575. The van der Waals surface area contributed by atoms with Crippen molar-refractivity contribution >= 4 is 46.6 Å². The minimum absolute atomic E-state index is 0.575. The Kier molecular flexibility index (Phi) is 6.06. The summed E-state index contributed by atoms with van der Waals surface area (Å²) < 4.78 is 5.29. The molecule has 124 valence electrons. The Balaban J connectivity index is 1.50. The molecule has 0 unspecified atom stereocenters. The van der Waals surface area contributed by atoms with Crippen LogP contribution in [-0.2, 0) is 12.2 Å². The molecule has 2 aromatic carbocycles. The first-order valence-electron chi connectivity index (χ1n) is 7.22. The largest absolute Gasteiger partial charge is 0.339 e. The van der Waals surface area contributed by atoms with Crippen molar-refractivity contribution in [3.63, 3.8) is 0 Å². The van der Waals surface area contributed by atoms with Crippen LogP contribution in [0.5, 0.6) is 0 Å². The van der Waals surface area contributed by atoms with E-state index in [2.05, 4.69) is 10.1 Å². The van der Waals surface area contributed by atoms with E-state index in [0.717, 1.165) is 22.6 Å². The zero-order valence-electron chi connectivity index (χ0n) is 12.5. The van der Waals surface area contributed by atoms with Crippen LogP contribution in [0.25, 0.3) is 11.4 Å². The van der Waals surface area contributed by atoms with Crippen LogP contribution in [0.1, 0.15) is 11.5 Å². The predicted octanol–water partition coefficient (Wildman–Crippen LogP) is 6.17. The number of thioether (sulfide) groups is 1. The van der Waals surface area contributed by atoms with Gasteiger partial charge in [-0.15, -0.1) is 0 Å². The molecule has 3 aromatic rings. The number of hydrogen-bond acceptors (Lipinski definition) is 4. The van der Waals surface area contributed by atoms with E-state index in [1.165, 1.54) is 0 Å². The lowest BCUT2D eigenvalue weighted by Gasteiger charge is -2.02. The van der Waals surface area contributed by atoms with Gasteiger partial charge in [0.2, 0.25) is 11.7 Å². The Bertz CT molecular complexity index is 821. The molecule has 0 fully saturated rings. The highest BCUT2D eigenvalue weighted by Gasteiger charge is 2.08. The molecule has 3 nitrogen and oxygen atoms in total. The van der Waals surface area contributed by atoms with Crippen LogP contribution in [-0.4, -0.2) is 15.9 Å². The van der Waals surface area contributed by atoms with Crippen LogP contribution >= 0.6 is 46.6 Å². The highest BCUT2D eigenvalue weighted by atomic mass is 35.5. The van der Waals surface area contributed by atoms with Crippen molar-refractivity contribution < 1.29 is 4.52 Å². The van der Waals surface area contributed by atoms with Crippen molar-refractivity contribution in [2.24, 2.45) is 0 Å². The Labute approximate surface area is 159 Å². The molecule has 1 heterocycles. The Morgan fingerprint density at radius 3 is 2.50 bits per heavy atom. The predicted molar refractivity (Wildman–Crippen MR) is 101 cm³/mol. The first-order valence-corrected chi connectivity index (χ1v) is 9.51. The van der Waals surface area contributed by atoms with E-state index in [1.54, 1.807) is 23.9 Å². The third-order valence-corrected chi connectivity index (χ3v) is 5.30. The fourth-order valence-corrected chi connectivity index (χ4v) is 3.38. The lowest BCUT2D eigenvalue weighted by Crippen LogP contribution is -1.90. The van der Waals surface area contributed by atoms with Crippen LogP contribution < -0.4 is 0 Å². The molecule has 0 spiro atoms. The van der Waals surface area contributed by atoms with Crippen molar-refractivity contribution in [2.45, 2.75) is 12.2 Å². The molecule has 0 aliphatic heterocycles. The van der Waals surface area contributed by atoms with Gasteiger partial charge in [0.1, 0.15) is 0 Å². The second-order valence-corrected chi connectivity index (χ2v) is 7.43. The molecule has 0 radical (unpaired) electrons. The molecule has 1 aromatic heterocycles. The number of hydrogen-bond donors (Lipinski definition) is 0. The van der Waals surface area contributed by atoms with Gasteiger partial charge >= 0.3 is 0 Å². The molecule has 0 saturated heterocycles. The standard InChI is InChI=1S/C17H13Cl3N2OS/c18-13-4-2-12(3-5-13)17-21-16(23-22-17)7-8-24-10-11-1-6-14(19)15(20)9-11/h1-6,9H,7-8,10H2. The Morgan fingerprint density at radius 1 is 0.958 bits per heavy atom. The van der Waals surface area contributed by atoms with E-state index in [9.17, 15) is 0 Å². The summed E-state index contributed by atoms with van der Waals surface area (Å²) in [6.45, 7) is 0. The first kappa shape index (κ1) is 17.6. The molecule has 0 aliphatic carbocycles. The van der Waals surface area contributed by atoms with Gasteiger partial charge in [-0.2, -0.15) is 16.7 Å². The lowest BCUT2D eigenvalue weighted by atomic mass is 10.2. The van der Waals surface area contributed by atoms with E-state index >= 15 is 0 Å². The van der Waals surface area contributed by atoms with E-state index in [-0.39, 0.29) is 0 Å². The summed E-state index contributed by atoms with van der Waals surface area (Å²) in [5.41, 5.74) is 2.03. The average molecular weight is 400 g/mol. The lowest BCUT2D eigenvalue weighted by molar-refractivity contribution is 0.383.